The molecule has 0 bridgehead atoms. The standard InChI is InChI=1S/C3H6BrNO2/c4-2(6)1-3(5)7/h2,6H,1H2,(H2,5,7). The Hall–Kier alpha value is -0.0900. The number of primary amides is 1. The number of nitrogens with two attached hydrogens (primary N) is 1. The van der Waals surface area contributed by atoms with E-state index < -0.39 is 10.9 Å². The van der Waals surface area contributed by atoms with Crippen LogP contribution < -0.4 is 5.73 Å². The summed E-state index contributed by atoms with van der Waals surface area (Å²) in [5.41, 5.74) is 4.66. The van der Waals surface area contributed by atoms with Gasteiger partial charge in [-0.3, -0.25) is 4.79 Å². The summed E-state index contributed by atoms with van der Waals surface area (Å²) in [6.07, 6.45) is -0.0278. The maximum atomic E-state index is 9.84. The van der Waals surface area contributed by atoms with Crippen LogP contribution in [0, 0.1) is 0 Å². The van der Waals surface area contributed by atoms with Gasteiger partial charge in [0.25, 0.3) is 0 Å². The van der Waals surface area contributed by atoms with Crippen LogP contribution in [0.4, 0.5) is 0 Å². The average Bonchev–Trinajstić information content (AvgIpc) is 1.27. The number of hydrogen-bond donors (Lipinski definition) is 2. The van der Waals surface area contributed by atoms with Crippen molar-refractivity contribution >= 4 is 21.8 Å². The summed E-state index contributed by atoms with van der Waals surface area (Å²) < 4.78 is 0. The third kappa shape index (κ3) is 5.91. The molecule has 0 aliphatic rings. The first-order valence-electron chi connectivity index (χ1n) is 1.73. The molecule has 0 radical (unpaired) electrons. The molecule has 0 aliphatic heterocycles. The van der Waals surface area contributed by atoms with E-state index in [2.05, 4.69) is 21.7 Å². The second-order valence-electron chi connectivity index (χ2n) is 1.10. The van der Waals surface area contributed by atoms with Gasteiger partial charge in [-0.05, 0) is 0 Å². The lowest BCUT2D eigenvalue weighted by Gasteiger charge is -1.93. The number of carbonyl (C=O) groups is 1. The maximum absolute atomic E-state index is 9.84. The van der Waals surface area contributed by atoms with Crippen molar-refractivity contribution in [2.24, 2.45) is 5.73 Å². The Kier molecular flexibility index (Phi) is 2.95. The molecule has 0 fully saturated rings. The minimum atomic E-state index is -0.787. The lowest BCUT2D eigenvalue weighted by atomic mass is 10.4. The molecule has 42 valence electrons. The fraction of sp³-hybridized carbons (Fsp3) is 0.667. The van der Waals surface area contributed by atoms with Crippen molar-refractivity contribution in [1.82, 2.24) is 0 Å². The van der Waals surface area contributed by atoms with Crippen molar-refractivity contribution in [3.05, 3.63) is 0 Å². The van der Waals surface area contributed by atoms with Crippen LogP contribution >= 0.6 is 15.9 Å². The molecule has 0 aromatic carbocycles. The zero-order chi connectivity index (χ0) is 5.86. The maximum Gasteiger partial charge on any atom is 0.220 e. The monoisotopic (exact) mass is 167 g/mol. The van der Waals surface area contributed by atoms with Crippen LogP contribution in [0.1, 0.15) is 6.42 Å². The van der Waals surface area contributed by atoms with Crippen molar-refractivity contribution in [2.45, 2.75) is 11.4 Å². The van der Waals surface area contributed by atoms with Crippen LogP contribution in [0.15, 0.2) is 0 Å². The van der Waals surface area contributed by atoms with E-state index in [1.54, 1.807) is 0 Å². The lowest BCUT2D eigenvalue weighted by Crippen LogP contribution is -2.15. The van der Waals surface area contributed by atoms with Crippen LogP contribution in [0.3, 0.4) is 0 Å². The number of rotatable bonds is 2. The Morgan fingerprint density at radius 3 is 2.43 bits per heavy atom. The van der Waals surface area contributed by atoms with Crippen LogP contribution in [0.2, 0.25) is 0 Å². The topological polar surface area (TPSA) is 63.3 Å². The zero-order valence-corrected chi connectivity index (χ0v) is 5.18. The highest BCUT2D eigenvalue weighted by molar-refractivity contribution is 9.09. The van der Waals surface area contributed by atoms with E-state index in [4.69, 9.17) is 5.11 Å². The number of carbonyl (C=O) groups excluding carboxylic acids is 1. The highest BCUT2D eigenvalue weighted by Gasteiger charge is 1.99. The minimum absolute atomic E-state index is 0.0278. The van der Waals surface area contributed by atoms with E-state index in [1.165, 1.54) is 0 Å². The third-order valence-electron chi connectivity index (χ3n) is 0.370. The number of amides is 1. The second-order valence-corrected chi connectivity index (χ2v) is 2.16. The molecule has 0 heterocycles. The van der Waals surface area contributed by atoms with Gasteiger partial charge in [0.15, 0.2) is 0 Å². The summed E-state index contributed by atoms with van der Waals surface area (Å²) in [4.78, 5) is 9.84. The molecule has 3 nitrogen and oxygen atoms in total. The number of aliphatic hydroxyl groups excluding tert-OH is 1. The largest absolute Gasteiger partial charge is 0.381 e. The van der Waals surface area contributed by atoms with Crippen LogP contribution in [0.5, 0.6) is 0 Å². The molecule has 1 atom stereocenters. The van der Waals surface area contributed by atoms with Gasteiger partial charge in [0.05, 0.1) is 6.42 Å². The summed E-state index contributed by atoms with van der Waals surface area (Å²) in [5, 5.41) is 7.55. The predicted molar refractivity (Wildman–Crippen MR) is 28.7 cm³/mol. The van der Waals surface area contributed by atoms with E-state index in [-0.39, 0.29) is 6.42 Å². The molecule has 7 heavy (non-hydrogen) atoms. The van der Waals surface area contributed by atoms with Gasteiger partial charge < -0.3 is 10.8 Å². The fourth-order valence-electron chi connectivity index (χ4n) is 0.166. The van der Waals surface area contributed by atoms with Crippen LogP contribution in [0.25, 0.3) is 0 Å². The number of aliphatic hydroxyl groups is 1. The summed E-state index contributed by atoms with van der Waals surface area (Å²) in [5.74, 6) is -0.510. The third-order valence-corrected chi connectivity index (χ3v) is 0.693. The molecule has 0 saturated heterocycles. The predicted octanol–water partition coefficient (Wildman–Crippen LogP) is -0.425. The van der Waals surface area contributed by atoms with Gasteiger partial charge >= 0.3 is 0 Å². The highest BCUT2D eigenvalue weighted by atomic mass is 79.9. The number of alkyl halides is 1. The van der Waals surface area contributed by atoms with Crippen molar-refractivity contribution < 1.29 is 9.90 Å². The first-order chi connectivity index (χ1) is 3.13. The van der Waals surface area contributed by atoms with Crippen molar-refractivity contribution in [3.63, 3.8) is 0 Å². The Bertz CT molecular complexity index is 73.3. The van der Waals surface area contributed by atoms with Gasteiger partial charge in [-0.2, -0.15) is 0 Å². The highest BCUT2D eigenvalue weighted by Crippen LogP contribution is 1.96. The molecule has 1 amide bonds. The average molecular weight is 168 g/mol. The Morgan fingerprint density at radius 1 is 2.00 bits per heavy atom. The first-order valence-corrected chi connectivity index (χ1v) is 2.65. The summed E-state index contributed by atoms with van der Waals surface area (Å²) in [6, 6.07) is 0. The summed E-state index contributed by atoms with van der Waals surface area (Å²) >= 11 is 2.73. The Labute approximate surface area is 49.6 Å². The second kappa shape index (κ2) is 2.98. The van der Waals surface area contributed by atoms with E-state index in [0.717, 1.165) is 0 Å². The van der Waals surface area contributed by atoms with Gasteiger partial charge in [0, 0.05) is 0 Å². The smallest absolute Gasteiger partial charge is 0.220 e. The SMILES string of the molecule is NC(=O)CC(O)Br. The van der Waals surface area contributed by atoms with Crippen molar-refractivity contribution in [1.29, 1.82) is 0 Å². The van der Waals surface area contributed by atoms with Gasteiger partial charge in [0.1, 0.15) is 5.01 Å². The van der Waals surface area contributed by atoms with Crippen LogP contribution in [-0.4, -0.2) is 16.0 Å². The minimum Gasteiger partial charge on any atom is -0.381 e. The molecule has 0 aliphatic carbocycles. The number of hydrogen-bond acceptors (Lipinski definition) is 2. The molecular formula is C3H6BrNO2. The van der Waals surface area contributed by atoms with E-state index in [9.17, 15) is 4.79 Å². The summed E-state index contributed by atoms with van der Waals surface area (Å²) in [7, 11) is 0. The number of halogens is 1. The van der Waals surface area contributed by atoms with E-state index >= 15 is 0 Å². The van der Waals surface area contributed by atoms with Gasteiger partial charge in [-0.1, -0.05) is 15.9 Å². The Morgan fingerprint density at radius 2 is 2.43 bits per heavy atom. The molecule has 0 spiro atoms. The van der Waals surface area contributed by atoms with Gasteiger partial charge in [-0.25, -0.2) is 0 Å². The zero-order valence-electron chi connectivity index (χ0n) is 3.60. The molecule has 0 rings (SSSR count). The normalized spacial score (nSPS) is 13.4. The molecule has 1 unspecified atom stereocenters. The molecule has 0 aromatic heterocycles. The van der Waals surface area contributed by atoms with E-state index in [0.29, 0.717) is 0 Å². The van der Waals surface area contributed by atoms with E-state index in [1.807, 2.05) is 0 Å². The molecule has 3 N–H and O–H groups in total. The molecule has 0 aromatic rings. The summed E-state index contributed by atoms with van der Waals surface area (Å²) in [6.45, 7) is 0. The van der Waals surface area contributed by atoms with Crippen molar-refractivity contribution in [2.75, 3.05) is 0 Å². The molecular weight excluding hydrogens is 162 g/mol. The first kappa shape index (κ1) is 6.91. The lowest BCUT2D eigenvalue weighted by molar-refractivity contribution is -0.118. The van der Waals surface area contributed by atoms with Crippen molar-refractivity contribution in [3.8, 4) is 0 Å². The van der Waals surface area contributed by atoms with Gasteiger partial charge in [-0.15, -0.1) is 0 Å². The quantitative estimate of drug-likeness (QED) is 0.549. The fourth-order valence-corrected chi connectivity index (χ4v) is 0.485. The molecule has 4 heteroatoms. The van der Waals surface area contributed by atoms with Crippen LogP contribution in [-0.2, 0) is 4.79 Å². The molecule has 0 saturated carbocycles. The Balaban J connectivity index is 3.13. The van der Waals surface area contributed by atoms with Gasteiger partial charge in [0.2, 0.25) is 5.91 Å².